The van der Waals surface area contributed by atoms with Gasteiger partial charge in [0.1, 0.15) is 60.5 Å². The van der Waals surface area contributed by atoms with E-state index in [4.69, 9.17) is 30.5 Å². The van der Waals surface area contributed by atoms with Crippen LogP contribution in [0.25, 0.3) is 88.6 Å². The molecule has 12 aromatic rings. The van der Waals surface area contributed by atoms with E-state index in [0.29, 0.717) is 10.5 Å². The number of benzene rings is 8. The van der Waals surface area contributed by atoms with Crippen LogP contribution in [-0.2, 0) is 64.3 Å². The SMILES string of the molecule is COC(=O)Cn1nc(-c2ccccc2)c2ccc(C)cc21.COC(=O)Cn1nc(-c2ccccc2)c2ccc(Cl)cc21.COC(=O)Cn1nc(-c2ccccc2)c2ccc(F)cc21.COC(=O)Cn1nc(-c2ccccc2)c2ccc(OC)cc21. The second-order valence-corrected chi connectivity index (χ2v) is 19.5. The second-order valence-electron chi connectivity index (χ2n) is 19.0. The molecule has 0 bridgehead atoms. The van der Waals surface area contributed by atoms with Crippen LogP contribution in [0.1, 0.15) is 5.56 Å². The molecule has 17 nitrogen and oxygen atoms in total. The van der Waals surface area contributed by atoms with Gasteiger partial charge in [-0.05, 0) is 67.1 Å². The Balaban J connectivity index is 0.000000136. The summed E-state index contributed by atoms with van der Waals surface area (Å²) in [6.07, 6.45) is 0. The Bertz CT molecular complexity index is 3980. The van der Waals surface area contributed by atoms with Crippen molar-refractivity contribution < 1.29 is 47.3 Å². The maximum atomic E-state index is 13.5. The molecule has 0 aliphatic heterocycles. The van der Waals surface area contributed by atoms with Crippen molar-refractivity contribution >= 4 is 79.1 Å². The average Bonchev–Trinajstić information content (AvgIpc) is 4.50. The highest BCUT2D eigenvalue weighted by molar-refractivity contribution is 6.31. The van der Waals surface area contributed by atoms with Gasteiger partial charge in [0.25, 0.3) is 0 Å². The topological polar surface area (TPSA) is 186 Å². The molecule has 12 rings (SSSR count). The number of hydrogen-bond acceptors (Lipinski definition) is 13. The van der Waals surface area contributed by atoms with E-state index in [1.165, 1.54) is 45.3 Å². The number of aromatic nitrogens is 8. The van der Waals surface area contributed by atoms with E-state index in [-0.39, 0.29) is 49.9 Å². The first-order valence-electron chi connectivity index (χ1n) is 26.6. The van der Waals surface area contributed by atoms with E-state index in [1.807, 2.05) is 171 Å². The molecule has 8 aromatic carbocycles. The van der Waals surface area contributed by atoms with Crippen LogP contribution in [-0.4, -0.2) is 98.5 Å². The Hall–Kier alpha value is -10.5. The van der Waals surface area contributed by atoms with Crippen LogP contribution in [0.15, 0.2) is 194 Å². The first kappa shape index (κ1) is 59.2. The molecule has 430 valence electrons. The highest BCUT2D eigenvalue weighted by Crippen LogP contribution is 2.33. The largest absolute Gasteiger partial charge is 0.497 e. The summed E-state index contributed by atoms with van der Waals surface area (Å²) in [5.41, 5.74) is 11.5. The van der Waals surface area contributed by atoms with Crippen molar-refractivity contribution in [3.8, 4) is 50.8 Å². The zero-order chi connectivity index (χ0) is 60.0. The van der Waals surface area contributed by atoms with E-state index >= 15 is 0 Å². The molecule has 0 saturated carbocycles. The quantitative estimate of drug-likeness (QED) is 0.0785. The lowest BCUT2D eigenvalue weighted by Gasteiger charge is -2.03. The van der Waals surface area contributed by atoms with Crippen molar-refractivity contribution in [2.75, 3.05) is 35.5 Å². The second kappa shape index (κ2) is 27.5. The summed E-state index contributed by atoms with van der Waals surface area (Å²) >= 11 is 6.06. The Morgan fingerprint density at radius 2 is 0.694 bits per heavy atom. The molecule has 0 aliphatic carbocycles. The molecule has 0 N–H and O–H groups in total. The molecule has 0 unspecified atom stereocenters. The fraction of sp³-hybridized carbons (Fsp3) is 0.152. The Morgan fingerprint density at radius 3 is 1.05 bits per heavy atom. The molecule has 0 amide bonds. The van der Waals surface area contributed by atoms with E-state index in [0.717, 1.165) is 94.4 Å². The third-order valence-electron chi connectivity index (χ3n) is 13.5. The molecule has 4 aromatic heterocycles. The van der Waals surface area contributed by atoms with E-state index < -0.39 is 5.97 Å². The average molecular weight is 1160 g/mol. The standard InChI is InChI=1S/C17H16N2O3.C17H16N2O2.C16H13ClN2O2.C16H13FN2O2/c1-21-13-8-9-14-15(10-13)19(11-16(20)22-2)18-17(14)12-6-4-3-5-7-12;1-12-8-9-14-15(10-12)19(11-16(20)21-2)18-17(14)13-6-4-3-5-7-13;2*1-21-15(20)10-19-14-9-12(17)7-8-13(14)16(18-19)11-5-3-2-4-6-11/h3-10H,11H2,1-2H3;3-10H,11H2,1-2H3;2*2-9H,10H2,1H3. The normalized spacial score (nSPS) is 10.7. The van der Waals surface area contributed by atoms with Crippen LogP contribution >= 0.6 is 11.6 Å². The highest BCUT2D eigenvalue weighted by atomic mass is 35.5. The smallest absolute Gasteiger partial charge is 0.327 e. The number of carbonyl (C=O) groups excluding carboxylic acids is 4. The minimum atomic E-state index is -0.428. The number of fused-ring (bicyclic) bond motifs is 4. The molecule has 0 aliphatic rings. The van der Waals surface area contributed by atoms with Gasteiger partial charge in [0.15, 0.2) is 0 Å². The minimum absolute atomic E-state index is 0.0523. The van der Waals surface area contributed by atoms with Crippen LogP contribution in [0.2, 0.25) is 5.02 Å². The molecule has 19 heteroatoms. The summed E-state index contributed by atoms with van der Waals surface area (Å²) in [6.45, 7) is 2.21. The molecule has 0 saturated heterocycles. The summed E-state index contributed by atoms with van der Waals surface area (Å²) in [5, 5.41) is 22.5. The Morgan fingerprint density at radius 1 is 0.388 bits per heavy atom. The lowest BCUT2D eigenvalue weighted by atomic mass is 10.1. The first-order valence-corrected chi connectivity index (χ1v) is 27.0. The molecule has 0 radical (unpaired) electrons. The van der Waals surface area contributed by atoms with Crippen LogP contribution in [0.5, 0.6) is 5.75 Å². The van der Waals surface area contributed by atoms with Crippen LogP contribution in [0.3, 0.4) is 0 Å². The van der Waals surface area contributed by atoms with Crippen molar-refractivity contribution in [2.45, 2.75) is 33.1 Å². The van der Waals surface area contributed by atoms with Crippen molar-refractivity contribution in [3.05, 3.63) is 211 Å². The number of aryl methyl sites for hydroxylation is 1. The van der Waals surface area contributed by atoms with Crippen LogP contribution in [0.4, 0.5) is 4.39 Å². The molecule has 0 spiro atoms. The fourth-order valence-electron chi connectivity index (χ4n) is 9.33. The molecule has 85 heavy (non-hydrogen) atoms. The zero-order valence-electron chi connectivity index (χ0n) is 47.3. The highest BCUT2D eigenvalue weighted by Gasteiger charge is 2.19. The van der Waals surface area contributed by atoms with Gasteiger partial charge >= 0.3 is 23.9 Å². The van der Waals surface area contributed by atoms with E-state index in [9.17, 15) is 23.6 Å². The first-order chi connectivity index (χ1) is 41.3. The lowest BCUT2D eigenvalue weighted by molar-refractivity contribution is -0.142. The van der Waals surface area contributed by atoms with Gasteiger partial charge in [-0.15, -0.1) is 0 Å². The summed E-state index contributed by atoms with van der Waals surface area (Å²) in [6, 6.07) is 61.1. The maximum Gasteiger partial charge on any atom is 0.327 e. The Labute approximate surface area is 493 Å². The number of esters is 4. The summed E-state index contributed by atoms with van der Waals surface area (Å²) in [4.78, 5) is 46.2. The third kappa shape index (κ3) is 14.1. The minimum Gasteiger partial charge on any atom is -0.497 e. The lowest BCUT2D eigenvalue weighted by Crippen LogP contribution is -2.12. The number of methoxy groups -OCH3 is 5. The van der Waals surface area contributed by atoms with Gasteiger partial charge in [0, 0.05) is 54.9 Å². The van der Waals surface area contributed by atoms with Gasteiger partial charge in [-0.3, -0.25) is 37.9 Å². The molecule has 0 atom stereocenters. The van der Waals surface area contributed by atoms with Gasteiger partial charge in [0.2, 0.25) is 0 Å². The zero-order valence-corrected chi connectivity index (χ0v) is 48.1. The molecule has 4 heterocycles. The van der Waals surface area contributed by atoms with Crippen molar-refractivity contribution in [1.29, 1.82) is 0 Å². The number of halogens is 2. The number of nitrogens with zero attached hydrogens (tertiary/aromatic N) is 8. The van der Waals surface area contributed by atoms with E-state index in [2.05, 4.69) is 31.2 Å². The van der Waals surface area contributed by atoms with Gasteiger partial charge in [0.05, 0.1) is 57.6 Å². The predicted molar refractivity (Wildman–Crippen MR) is 325 cm³/mol. The Kier molecular flexibility index (Phi) is 19.2. The van der Waals surface area contributed by atoms with Gasteiger partial charge < -0.3 is 23.7 Å². The van der Waals surface area contributed by atoms with Gasteiger partial charge in [-0.25, -0.2) is 4.39 Å². The van der Waals surface area contributed by atoms with Crippen molar-refractivity contribution in [3.63, 3.8) is 0 Å². The summed E-state index contributed by atoms with van der Waals surface area (Å²) in [7, 11) is 7.04. The number of carbonyl (C=O) groups is 4. The molecular formula is C66H58ClFN8O9. The maximum absolute atomic E-state index is 13.5. The van der Waals surface area contributed by atoms with Gasteiger partial charge in [-0.2, -0.15) is 20.4 Å². The predicted octanol–water partition coefficient (Wildman–Crippen LogP) is 12.6. The van der Waals surface area contributed by atoms with Crippen LogP contribution < -0.4 is 4.74 Å². The van der Waals surface area contributed by atoms with Crippen molar-refractivity contribution in [2.24, 2.45) is 0 Å². The molecular weight excluding hydrogens is 1100 g/mol. The fourth-order valence-corrected chi connectivity index (χ4v) is 9.49. The van der Waals surface area contributed by atoms with Crippen LogP contribution in [0, 0.1) is 12.7 Å². The monoisotopic (exact) mass is 1160 g/mol. The van der Waals surface area contributed by atoms with Gasteiger partial charge in [-0.1, -0.05) is 145 Å². The van der Waals surface area contributed by atoms with E-state index in [1.54, 1.807) is 33.3 Å². The molecule has 0 fully saturated rings. The summed E-state index contributed by atoms with van der Waals surface area (Å²) in [5.74, 6) is -1.07. The number of ether oxygens (including phenoxy) is 5. The number of rotatable bonds is 13. The summed E-state index contributed by atoms with van der Waals surface area (Å²) < 4.78 is 44.1. The third-order valence-corrected chi connectivity index (χ3v) is 13.7. The van der Waals surface area contributed by atoms with Crippen molar-refractivity contribution in [1.82, 2.24) is 39.1 Å². The number of hydrogen-bond donors (Lipinski definition) is 0.